The van der Waals surface area contributed by atoms with Gasteiger partial charge in [0.05, 0.1) is 0 Å². The lowest BCUT2D eigenvalue weighted by Gasteiger charge is -2.33. The Morgan fingerprint density at radius 2 is 0.734 bits per heavy atom. The van der Waals surface area contributed by atoms with E-state index in [-0.39, 0.29) is 5.41 Å². The van der Waals surface area contributed by atoms with Gasteiger partial charge in [0.1, 0.15) is 17.3 Å². The Hall–Kier alpha value is -0.680. The molecule has 0 fully saturated rings. The molecule has 0 aliphatic heterocycles. The van der Waals surface area contributed by atoms with Crippen molar-refractivity contribution >= 4 is 113 Å². The minimum absolute atomic E-state index is 0.0517. The first kappa shape index (κ1) is 61.3. The smallest absolute Gasteiger partial charge is 0.135 e. The Bertz CT molecular complexity index is 1500. The first-order chi connectivity index (χ1) is 30.5. The van der Waals surface area contributed by atoms with Crippen LogP contribution in [0.3, 0.4) is 0 Å². The summed E-state index contributed by atoms with van der Waals surface area (Å²) in [6, 6.07) is 14.5. The van der Waals surface area contributed by atoms with Crippen LogP contribution in [-0.2, 0) is 5.41 Å². The molecule has 0 saturated heterocycles. The first-order valence-electron chi connectivity index (χ1n) is 23.5. The number of rotatable bonds is 24. The highest BCUT2D eigenvalue weighted by Gasteiger charge is 2.42. The van der Waals surface area contributed by atoms with Crippen molar-refractivity contribution in [3.63, 3.8) is 0 Å². The zero-order valence-corrected chi connectivity index (χ0v) is 48.9. The second kappa shape index (κ2) is 34.6. The van der Waals surface area contributed by atoms with Gasteiger partial charge in [0, 0.05) is 111 Å². The number of thioether (sulfide) groups is 4. The van der Waals surface area contributed by atoms with Crippen molar-refractivity contribution in [2.75, 3.05) is 119 Å². The molecule has 0 atom stereocenters. The largest absolute Gasteiger partial charge is 0.364 e. The minimum Gasteiger partial charge on any atom is -0.364 e. The van der Waals surface area contributed by atoms with Crippen LogP contribution in [0, 0.1) is 13.8 Å². The lowest BCUT2D eigenvalue weighted by molar-refractivity contribution is 0.293. The van der Waals surface area contributed by atoms with Gasteiger partial charge in [-0.05, 0) is 74.9 Å². The highest BCUT2D eigenvalue weighted by Crippen LogP contribution is 2.54. The van der Waals surface area contributed by atoms with Crippen LogP contribution < -0.4 is 0 Å². The fourth-order valence-electron chi connectivity index (χ4n) is 7.50. The highest BCUT2D eigenvalue weighted by molar-refractivity contribution is 8.24. The van der Waals surface area contributed by atoms with E-state index >= 15 is 0 Å². The summed E-state index contributed by atoms with van der Waals surface area (Å²) in [5.74, 6) is 4.06. The van der Waals surface area contributed by atoms with Crippen molar-refractivity contribution in [1.82, 2.24) is 29.4 Å². The van der Waals surface area contributed by atoms with Crippen LogP contribution in [0.15, 0.2) is 36.4 Å². The van der Waals surface area contributed by atoms with E-state index in [4.69, 9.17) is 48.9 Å². The molecule has 2 aromatic carbocycles. The van der Waals surface area contributed by atoms with Crippen molar-refractivity contribution in [1.29, 1.82) is 0 Å². The maximum atomic E-state index is 5.58. The summed E-state index contributed by atoms with van der Waals surface area (Å²) in [7, 11) is 16.3. The van der Waals surface area contributed by atoms with Gasteiger partial charge in [-0.25, -0.2) is 0 Å². The van der Waals surface area contributed by atoms with Crippen LogP contribution in [0.2, 0.25) is 0 Å². The Morgan fingerprint density at radius 3 is 1.00 bits per heavy atom. The van der Waals surface area contributed by atoms with Crippen LogP contribution >= 0.6 is 95.9 Å². The molecule has 1 aliphatic carbocycles. The highest BCUT2D eigenvalue weighted by atomic mass is 32.2. The van der Waals surface area contributed by atoms with E-state index in [0.717, 1.165) is 79.6 Å². The third-order valence-electron chi connectivity index (χ3n) is 10.8. The van der Waals surface area contributed by atoms with E-state index in [0.29, 0.717) is 0 Å². The van der Waals surface area contributed by atoms with Gasteiger partial charge in [-0.15, -0.1) is 0 Å². The second-order valence-electron chi connectivity index (χ2n) is 17.2. The van der Waals surface area contributed by atoms with Gasteiger partial charge in [-0.2, -0.15) is 0 Å². The molecule has 0 aromatic heterocycles. The van der Waals surface area contributed by atoms with Gasteiger partial charge in [-0.1, -0.05) is 203 Å². The van der Waals surface area contributed by atoms with Gasteiger partial charge in [-0.3, -0.25) is 0 Å². The zero-order chi connectivity index (χ0) is 48.2. The maximum absolute atomic E-state index is 5.58. The average Bonchev–Trinajstić information content (AvgIpc) is 3.50. The number of thiocarbonyl (C=S) groups is 4. The Balaban J connectivity index is 0.00000392. The average molecular weight is 1030 g/mol. The van der Waals surface area contributed by atoms with Crippen molar-refractivity contribution in [3.05, 3.63) is 58.7 Å². The molecule has 1 aliphatic rings. The normalized spacial score (nSPS) is 12.1. The van der Waals surface area contributed by atoms with Gasteiger partial charge >= 0.3 is 0 Å². The molecule has 0 heterocycles. The molecule has 3 rings (SSSR count). The van der Waals surface area contributed by atoms with Crippen LogP contribution in [0.5, 0.6) is 0 Å². The SMILES string of the molecule is CC.CCC.Cc1ccc2c(c1)C(CCCCCN(CCSC(=S)N(C)C)CCSC(=S)N(C)C)(CCCCCN(CCSC(=S)N(C)C)CCSC(=S)N(C)C)c1cc(C)ccc1-2. The molecule has 0 saturated carbocycles. The predicted octanol–water partition coefficient (Wildman–Crippen LogP) is 13.1. The molecule has 0 bridgehead atoms. The number of nitrogens with zero attached hydrogens (tertiary/aromatic N) is 6. The number of aryl methyl sites for hydroxylation is 2. The summed E-state index contributed by atoms with van der Waals surface area (Å²) in [5, 5.41) is 0. The van der Waals surface area contributed by atoms with Crippen molar-refractivity contribution < 1.29 is 0 Å². The summed E-state index contributed by atoms with van der Waals surface area (Å²) in [4.78, 5) is 13.4. The standard InChI is InChI=1S/C45H72N6S8.C3H8.C2H6/c1-35-17-19-37-38-20-18-36(2)34-40(38)45(39(37)33-35,21-13-11-15-23-50(25-29-56-41(52)46(3)4)26-30-57-42(53)47(5)6)22-14-12-16-24-51(27-31-58-43(54)48(7)8)28-32-59-44(55)49(9)10;1-3-2;1-2/h17-20,33-34H,11-16,21-32H2,1-10H3;3H2,1-2H3;1-2H3. The summed E-state index contributed by atoms with van der Waals surface area (Å²) < 4.78 is 3.83. The first-order valence-corrected chi connectivity index (χ1v) is 29.1. The number of hydrogen-bond acceptors (Lipinski definition) is 10. The summed E-state index contributed by atoms with van der Waals surface area (Å²) in [6.07, 6.45) is 10.9. The molecule has 0 spiro atoms. The van der Waals surface area contributed by atoms with Crippen molar-refractivity contribution in [2.45, 2.75) is 105 Å². The summed E-state index contributed by atoms with van der Waals surface area (Å²) in [6.45, 7) is 19.2. The molecular weight excluding hydrogens is 941 g/mol. The van der Waals surface area contributed by atoms with E-state index < -0.39 is 0 Å². The monoisotopic (exact) mass is 1030 g/mol. The predicted molar refractivity (Wildman–Crippen MR) is 314 cm³/mol. The molecule has 0 radical (unpaired) electrons. The van der Waals surface area contributed by atoms with Gasteiger partial charge < -0.3 is 29.4 Å². The lowest BCUT2D eigenvalue weighted by atomic mass is 9.70. The number of hydrogen-bond donors (Lipinski definition) is 0. The number of fused-ring (bicyclic) bond motifs is 3. The van der Waals surface area contributed by atoms with Crippen LogP contribution in [-0.4, -0.2) is 165 Å². The van der Waals surface area contributed by atoms with Crippen LogP contribution in [0.1, 0.15) is 108 Å². The van der Waals surface area contributed by atoms with E-state index in [1.165, 1.54) is 80.0 Å². The molecular formula is C50H86N6S8. The maximum Gasteiger partial charge on any atom is 0.135 e. The van der Waals surface area contributed by atoms with E-state index in [9.17, 15) is 0 Å². The van der Waals surface area contributed by atoms with Gasteiger partial charge in [0.25, 0.3) is 0 Å². The Kier molecular flexibility index (Phi) is 33.1. The number of unbranched alkanes of at least 4 members (excludes halogenated alkanes) is 4. The van der Waals surface area contributed by atoms with Crippen LogP contribution in [0.4, 0.5) is 0 Å². The Morgan fingerprint density at radius 1 is 0.453 bits per heavy atom. The molecule has 0 unspecified atom stereocenters. The van der Waals surface area contributed by atoms with E-state index in [2.05, 4.69) is 73.9 Å². The molecule has 64 heavy (non-hydrogen) atoms. The van der Waals surface area contributed by atoms with Gasteiger partial charge in [0.2, 0.25) is 0 Å². The van der Waals surface area contributed by atoms with Crippen molar-refractivity contribution in [3.8, 4) is 11.1 Å². The second-order valence-corrected chi connectivity index (χ2v) is 24.1. The fourth-order valence-corrected chi connectivity index (χ4v) is 11.6. The molecule has 0 amide bonds. The minimum atomic E-state index is 0.0517. The summed E-state index contributed by atoms with van der Waals surface area (Å²) in [5.41, 5.74) is 8.80. The van der Waals surface area contributed by atoms with E-state index in [1.54, 1.807) is 58.2 Å². The molecule has 2 aromatic rings. The third-order valence-corrected chi connectivity index (χ3v) is 17.7. The topological polar surface area (TPSA) is 19.4 Å². The number of benzene rings is 2. The van der Waals surface area contributed by atoms with Crippen molar-refractivity contribution in [2.24, 2.45) is 0 Å². The van der Waals surface area contributed by atoms with Crippen LogP contribution in [0.25, 0.3) is 11.1 Å². The van der Waals surface area contributed by atoms with E-state index in [1.807, 2.05) is 89.8 Å². The van der Waals surface area contributed by atoms with Gasteiger partial charge in [0.15, 0.2) is 0 Å². The molecule has 364 valence electrons. The zero-order valence-electron chi connectivity index (χ0n) is 42.3. The fraction of sp³-hybridized carbons (Fsp3) is 0.680. The Labute approximate surface area is 432 Å². The lowest BCUT2D eigenvalue weighted by Crippen LogP contribution is -2.31. The molecule has 6 nitrogen and oxygen atoms in total. The summed E-state index contributed by atoms with van der Waals surface area (Å²) >= 11 is 29.5. The quantitative estimate of drug-likeness (QED) is 0.0735. The molecule has 0 N–H and O–H groups in total. The molecule has 14 heteroatoms. The third kappa shape index (κ3) is 22.6.